The van der Waals surface area contributed by atoms with E-state index < -0.39 is 10.1 Å². The molecule has 0 aliphatic carbocycles. The third kappa shape index (κ3) is 6.80. The van der Waals surface area contributed by atoms with E-state index in [4.69, 9.17) is 0 Å². The molecule has 0 saturated carbocycles. The van der Waals surface area contributed by atoms with Gasteiger partial charge in [-0.1, -0.05) is 17.7 Å². The molecule has 0 spiro atoms. The Hall–Kier alpha value is -2.38. The van der Waals surface area contributed by atoms with Gasteiger partial charge in [0.2, 0.25) is 6.54 Å². The SMILES string of the molecule is CC(=O)C[n+]1ccc(C(C)=O)cc1.Cc1ccc(S(=O)(=O)[O-])cc1. The highest BCUT2D eigenvalue weighted by molar-refractivity contribution is 7.85. The van der Waals surface area contributed by atoms with Crippen molar-refractivity contribution in [2.45, 2.75) is 32.2 Å². The number of rotatable bonds is 4. The molecule has 0 aliphatic rings. The first-order valence-corrected chi connectivity index (χ1v) is 8.52. The van der Waals surface area contributed by atoms with E-state index in [0.717, 1.165) is 5.56 Å². The first kappa shape index (κ1) is 19.7. The molecule has 0 N–H and O–H groups in total. The molecule has 0 bridgehead atoms. The lowest BCUT2D eigenvalue weighted by Crippen LogP contribution is -2.36. The van der Waals surface area contributed by atoms with Gasteiger partial charge >= 0.3 is 0 Å². The number of aryl methyl sites for hydroxylation is 1. The number of pyridine rings is 1. The fourth-order valence-corrected chi connectivity index (χ4v) is 2.23. The van der Waals surface area contributed by atoms with Crippen LogP contribution in [0.5, 0.6) is 0 Å². The molecule has 1 heterocycles. The summed E-state index contributed by atoms with van der Waals surface area (Å²) in [7, 11) is -4.27. The molecule has 6 nitrogen and oxygen atoms in total. The lowest BCUT2D eigenvalue weighted by molar-refractivity contribution is -0.684. The van der Waals surface area contributed by atoms with Gasteiger partial charge in [-0.15, -0.1) is 0 Å². The van der Waals surface area contributed by atoms with Crippen molar-refractivity contribution < 1.29 is 27.1 Å². The summed E-state index contributed by atoms with van der Waals surface area (Å²) in [4.78, 5) is 21.5. The molecule has 2 aromatic rings. The number of aromatic nitrogens is 1. The Kier molecular flexibility index (Phi) is 6.94. The van der Waals surface area contributed by atoms with Crippen LogP contribution in [0.25, 0.3) is 0 Å². The molecule has 0 unspecified atom stereocenters. The first-order valence-electron chi connectivity index (χ1n) is 7.11. The molecule has 1 aromatic carbocycles. The van der Waals surface area contributed by atoms with Gasteiger partial charge in [-0.05, 0) is 26.0 Å². The Bertz CT molecular complexity index is 809. The number of nitrogens with zero attached hydrogens (tertiary/aromatic N) is 1. The Balaban J connectivity index is 0.000000243. The van der Waals surface area contributed by atoms with Crippen LogP contribution in [0.1, 0.15) is 29.8 Å². The predicted octanol–water partition coefficient (Wildman–Crippen LogP) is 1.66. The molecule has 7 heteroatoms. The summed E-state index contributed by atoms with van der Waals surface area (Å²) < 4.78 is 32.9. The summed E-state index contributed by atoms with van der Waals surface area (Å²) in [6.45, 7) is 5.23. The maximum Gasteiger partial charge on any atom is 0.206 e. The van der Waals surface area contributed by atoms with Crippen molar-refractivity contribution in [2.24, 2.45) is 0 Å². The van der Waals surface area contributed by atoms with E-state index in [1.807, 2.05) is 6.92 Å². The van der Waals surface area contributed by atoms with Crippen molar-refractivity contribution >= 4 is 21.7 Å². The Labute approximate surface area is 141 Å². The first-order chi connectivity index (χ1) is 11.1. The summed E-state index contributed by atoms with van der Waals surface area (Å²) in [6, 6.07) is 9.21. The van der Waals surface area contributed by atoms with Gasteiger partial charge in [0.15, 0.2) is 24.0 Å². The van der Waals surface area contributed by atoms with E-state index in [-0.39, 0.29) is 16.5 Å². The van der Waals surface area contributed by atoms with E-state index in [2.05, 4.69) is 0 Å². The minimum absolute atomic E-state index is 0.0370. The Morgan fingerprint density at radius 2 is 1.50 bits per heavy atom. The highest BCUT2D eigenvalue weighted by atomic mass is 32.2. The summed E-state index contributed by atoms with van der Waals surface area (Å²) in [6.07, 6.45) is 3.47. The molecule has 24 heavy (non-hydrogen) atoms. The minimum Gasteiger partial charge on any atom is -0.744 e. The fraction of sp³-hybridized carbons (Fsp3) is 0.235. The number of ketones is 2. The van der Waals surface area contributed by atoms with Gasteiger partial charge in [-0.3, -0.25) is 9.59 Å². The van der Waals surface area contributed by atoms with Crippen LogP contribution in [0.3, 0.4) is 0 Å². The molecule has 2 rings (SSSR count). The fourth-order valence-electron chi connectivity index (χ4n) is 1.76. The quantitative estimate of drug-likeness (QED) is 0.475. The maximum atomic E-state index is 10.9. The second-order valence-electron chi connectivity index (χ2n) is 5.28. The summed E-state index contributed by atoms with van der Waals surface area (Å²) in [5, 5.41) is 0. The third-order valence-electron chi connectivity index (χ3n) is 3.01. The summed E-state index contributed by atoms with van der Waals surface area (Å²) in [5.41, 5.74) is 1.59. The second-order valence-corrected chi connectivity index (χ2v) is 6.66. The molecular formula is C17H19NO5S. The Morgan fingerprint density at radius 1 is 1.00 bits per heavy atom. The average molecular weight is 349 g/mol. The normalized spacial score (nSPS) is 10.5. The molecule has 0 saturated heterocycles. The number of hydrogen-bond donors (Lipinski definition) is 0. The Morgan fingerprint density at radius 3 is 1.88 bits per heavy atom. The van der Waals surface area contributed by atoms with Crippen molar-refractivity contribution in [3.8, 4) is 0 Å². The lowest BCUT2D eigenvalue weighted by atomic mass is 10.2. The van der Waals surface area contributed by atoms with Gasteiger partial charge in [0.1, 0.15) is 10.1 Å². The van der Waals surface area contributed by atoms with Crippen LogP contribution in [0.2, 0.25) is 0 Å². The zero-order valence-corrected chi connectivity index (χ0v) is 14.5. The summed E-state index contributed by atoms with van der Waals surface area (Å²) >= 11 is 0. The minimum atomic E-state index is -4.27. The van der Waals surface area contributed by atoms with Gasteiger partial charge in [-0.2, -0.15) is 4.57 Å². The van der Waals surface area contributed by atoms with Crippen molar-refractivity contribution in [3.05, 3.63) is 59.9 Å². The van der Waals surface area contributed by atoms with E-state index in [1.165, 1.54) is 26.0 Å². The number of carbonyl (C=O) groups is 2. The van der Waals surface area contributed by atoms with Crippen LogP contribution in [0, 0.1) is 6.92 Å². The molecule has 0 atom stereocenters. The zero-order valence-electron chi connectivity index (χ0n) is 13.7. The number of benzene rings is 1. The molecule has 0 fully saturated rings. The van der Waals surface area contributed by atoms with Crippen molar-refractivity contribution in [2.75, 3.05) is 0 Å². The van der Waals surface area contributed by atoms with E-state index in [9.17, 15) is 22.6 Å². The monoisotopic (exact) mass is 349 g/mol. The number of Topliss-reactive ketones (excluding diaryl/α,β-unsaturated/α-hetero) is 2. The van der Waals surface area contributed by atoms with Gasteiger partial charge < -0.3 is 4.55 Å². The van der Waals surface area contributed by atoms with E-state index >= 15 is 0 Å². The highest BCUT2D eigenvalue weighted by Gasteiger charge is 2.05. The number of hydrogen-bond acceptors (Lipinski definition) is 5. The third-order valence-corrected chi connectivity index (χ3v) is 3.86. The molecule has 1 aromatic heterocycles. The van der Waals surface area contributed by atoms with Crippen LogP contribution in [-0.4, -0.2) is 24.5 Å². The van der Waals surface area contributed by atoms with Gasteiger partial charge in [0, 0.05) is 24.6 Å². The molecule has 0 radical (unpaired) electrons. The molecular weight excluding hydrogens is 330 g/mol. The van der Waals surface area contributed by atoms with Gasteiger partial charge in [-0.25, -0.2) is 8.42 Å². The van der Waals surface area contributed by atoms with Crippen LogP contribution in [0.15, 0.2) is 53.7 Å². The van der Waals surface area contributed by atoms with E-state index in [0.29, 0.717) is 12.1 Å². The number of carbonyl (C=O) groups excluding carboxylic acids is 2. The largest absolute Gasteiger partial charge is 0.744 e. The topological polar surface area (TPSA) is 95.2 Å². The van der Waals surface area contributed by atoms with Crippen LogP contribution >= 0.6 is 0 Å². The van der Waals surface area contributed by atoms with Crippen molar-refractivity contribution in [1.82, 2.24) is 0 Å². The van der Waals surface area contributed by atoms with Crippen molar-refractivity contribution in [3.63, 3.8) is 0 Å². The molecule has 128 valence electrons. The van der Waals surface area contributed by atoms with E-state index in [1.54, 1.807) is 41.2 Å². The lowest BCUT2D eigenvalue weighted by Gasteiger charge is -2.05. The van der Waals surface area contributed by atoms with Crippen LogP contribution in [0.4, 0.5) is 0 Å². The average Bonchev–Trinajstić information content (AvgIpc) is 2.47. The molecule has 0 aliphatic heterocycles. The molecule has 0 amide bonds. The predicted molar refractivity (Wildman–Crippen MR) is 86.5 cm³/mol. The van der Waals surface area contributed by atoms with Crippen LogP contribution < -0.4 is 4.57 Å². The maximum absolute atomic E-state index is 10.9. The van der Waals surface area contributed by atoms with Gasteiger partial charge in [0.25, 0.3) is 0 Å². The van der Waals surface area contributed by atoms with Gasteiger partial charge in [0.05, 0.1) is 4.90 Å². The smallest absolute Gasteiger partial charge is 0.206 e. The second kappa shape index (κ2) is 8.47. The van der Waals surface area contributed by atoms with Crippen LogP contribution in [-0.2, 0) is 21.5 Å². The standard InChI is InChI=1S/C10H12NO2.C7H8O3S/c1-8(12)7-11-5-3-10(4-6-11)9(2)13;1-6-2-4-7(5-3-6)11(8,9)10/h3-6H,7H2,1-2H3;2-5H,1H3,(H,8,9,10)/q+1;/p-1. The van der Waals surface area contributed by atoms with Crippen molar-refractivity contribution in [1.29, 1.82) is 0 Å². The zero-order chi connectivity index (χ0) is 18.3. The summed E-state index contributed by atoms with van der Waals surface area (Å²) in [5.74, 6) is 0.135. The highest BCUT2D eigenvalue weighted by Crippen LogP contribution is 2.08.